The van der Waals surface area contributed by atoms with Crippen LogP contribution in [0.4, 0.5) is 0 Å². The summed E-state index contributed by atoms with van der Waals surface area (Å²) in [6.45, 7) is 3.68. The van der Waals surface area contributed by atoms with E-state index in [0.717, 1.165) is 24.0 Å². The van der Waals surface area contributed by atoms with Gasteiger partial charge in [0, 0.05) is 35.9 Å². The van der Waals surface area contributed by atoms with Crippen molar-refractivity contribution in [2.75, 3.05) is 6.54 Å². The van der Waals surface area contributed by atoms with E-state index in [4.69, 9.17) is 0 Å². The molecule has 0 spiro atoms. The third kappa shape index (κ3) is 2.10. The number of hydrogen-bond donors (Lipinski definition) is 1. The monoisotopic (exact) mass is 329 g/mol. The van der Waals surface area contributed by atoms with Crippen LogP contribution in [0.15, 0.2) is 60.8 Å². The molecule has 3 heterocycles. The maximum absolute atomic E-state index is 13.1. The minimum atomic E-state index is 0.0697. The predicted octanol–water partition coefficient (Wildman–Crippen LogP) is 4.34. The van der Waals surface area contributed by atoms with E-state index in [1.54, 1.807) is 0 Å². The average Bonchev–Trinajstić information content (AvgIpc) is 3.28. The van der Waals surface area contributed by atoms with Crippen molar-refractivity contribution in [3.05, 3.63) is 72.2 Å². The number of carbonyl (C=O) groups excluding carboxylic acids is 1. The molecule has 1 aliphatic heterocycles. The van der Waals surface area contributed by atoms with Crippen LogP contribution in [0.5, 0.6) is 0 Å². The maximum atomic E-state index is 13.1. The fraction of sp³-hybridized carbons (Fsp3) is 0.190. The number of nitrogens with zero attached hydrogens (tertiary/aromatic N) is 2. The van der Waals surface area contributed by atoms with Crippen LogP contribution in [-0.4, -0.2) is 26.9 Å². The summed E-state index contributed by atoms with van der Waals surface area (Å²) in [5.41, 5.74) is 2.87. The Morgan fingerprint density at radius 3 is 2.84 bits per heavy atom. The van der Waals surface area contributed by atoms with Crippen LogP contribution < -0.4 is 0 Å². The minimum absolute atomic E-state index is 0.0697. The summed E-state index contributed by atoms with van der Waals surface area (Å²) in [6, 6.07) is 18.7. The molecule has 1 unspecified atom stereocenters. The van der Waals surface area contributed by atoms with E-state index >= 15 is 0 Å². The molecule has 1 aliphatic rings. The van der Waals surface area contributed by atoms with Crippen molar-refractivity contribution in [2.45, 2.75) is 19.5 Å². The predicted molar refractivity (Wildman–Crippen MR) is 99.7 cm³/mol. The van der Waals surface area contributed by atoms with E-state index in [-0.39, 0.29) is 11.9 Å². The Labute approximate surface area is 145 Å². The van der Waals surface area contributed by atoms with E-state index in [9.17, 15) is 4.79 Å². The molecule has 1 N–H and O–H groups in total. The van der Waals surface area contributed by atoms with Gasteiger partial charge in [0.25, 0.3) is 5.91 Å². The van der Waals surface area contributed by atoms with Crippen LogP contribution in [-0.2, 0) is 6.54 Å². The van der Waals surface area contributed by atoms with Gasteiger partial charge < -0.3 is 14.5 Å². The molecule has 1 amide bonds. The van der Waals surface area contributed by atoms with Crippen molar-refractivity contribution < 1.29 is 4.79 Å². The van der Waals surface area contributed by atoms with Crippen LogP contribution in [0.25, 0.3) is 21.7 Å². The molecule has 0 saturated heterocycles. The van der Waals surface area contributed by atoms with Crippen molar-refractivity contribution >= 4 is 27.6 Å². The van der Waals surface area contributed by atoms with Crippen LogP contribution in [0.2, 0.25) is 0 Å². The van der Waals surface area contributed by atoms with Crippen LogP contribution in [0, 0.1) is 0 Å². The van der Waals surface area contributed by atoms with Gasteiger partial charge in [-0.25, -0.2) is 0 Å². The summed E-state index contributed by atoms with van der Waals surface area (Å²) in [5.74, 6) is 0.0697. The summed E-state index contributed by atoms with van der Waals surface area (Å²) in [5, 5.41) is 3.47. The smallest absolute Gasteiger partial charge is 0.270 e. The first-order valence-electron chi connectivity index (χ1n) is 8.69. The van der Waals surface area contributed by atoms with Crippen molar-refractivity contribution in [2.24, 2.45) is 0 Å². The number of hydrogen-bond acceptors (Lipinski definition) is 1. The van der Waals surface area contributed by atoms with Gasteiger partial charge in [-0.05, 0) is 42.0 Å². The number of amides is 1. The van der Waals surface area contributed by atoms with Gasteiger partial charge in [-0.2, -0.15) is 0 Å². The van der Waals surface area contributed by atoms with E-state index < -0.39 is 0 Å². The molecular formula is C21H19N3O. The molecule has 124 valence electrons. The Kier molecular flexibility index (Phi) is 3.01. The molecule has 2 aromatic carbocycles. The van der Waals surface area contributed by atoms with Gasteiger partial charge in [0.2, 0.25) is 0 Å². The standard InChI is InChI=1S/C21H19N3O/c1-14-20-7-4-10-23(20)11-12-24(14)21(25)19-13-17-16-6-3-2-5-15(16)8-9-18(17)22-19/h2-10,13-14,22H,11-12H2,1H3. The van der Waals surface area contributed by atoms with E-state index in [2.05, 4.69) is 59.1 Å². The SMILES string of the molecule is CC1c2cccn2CCN1C(=O)c1cc2c(ccc3ccccc32)[nH]1. The Morgan fingerprint density at radius 1 is 1.04 bits per heavy atom. The molecule has 1 atom stereocenters. The van der Waals surface area contributed by atoms with Gasteiger partial charge in [0.1, 0.15) is 5.69 Å². The van der Waals surface area contributed by atoms with Crippen LogP contribution >= 0.6 is 0 Å². The van der Waals surface area contributed by atoms with Crippen molar-refractivity contribution in [1.82, 2.24) is 14.5 Å². The highest BCUT2D eigenvalue weighted by atomic mass is 16.2. The van der Waals surface area contributed by atoms with Crippen molar-refractivity contribution in [3.63, 3.8) is 0 Å². The second kappa shape index (κ2) is 5.24. The molecule has 5 rings (SSSR count). The number of aromatic amines is 1. The Bertz CT molecular complexity index is 1100. The lowest BCUT2D eigenvalue weighted by atomic mass is 10.1. The zero-order valence-electron chi connectivity index (χ0n) is 14.1. The number of nitrogens with one attached hydrogen (secondary N) is 1. The van der Waals surface area contributed by atoms with Gasteiger partial charge in [-0.3, -0.25) is 4.79 Å². The van der Waals surface area contributed by atoms with Gasteiger partial charge in [-0.1, -0.05) is 30.3 Å². The normalized spacial score (nSPS) is 17.2. The van der Waals surface area contributed by atoms with Crippen LogP contribution in [0.1, 0.15) is 29.1 Å². The first kappa shape index (κ1) is 14.3. The molecular weight excluding hydrogens is 310 g/mol. The first-order chi connectivity index (χ1) is 12.2. The molecule has 2 aromatic heterocycles. The van der Waals surface area contributed by atoms with Gasteiger partial charge in [0.05, 0.1) is 6.04 Å². The van der Waals surface area contributed by atoms with E-state index in [0.29, 0.717) is 5.69 Å². The number of rotatable bonds is 1. The topological polar surface area (TPSA) is 41.0 Å². The zero-order valence-corrected chi connectivity index (χ0v) is 14.1. The Morgan fingerprint density at radius 2 is 1.92 bits per heavy atom. The Balaban J connectivity index is 1.57. The molecule has 4 nitrogen and oxygen atoms in total. The second-order valence-corrected chi connectivity index (χ2v) is 6.73. The van der Waals surface area contributed by atoms with Crippen LogP contribution in [0.3, 0.4) is 0 Å². The summed E-state index contributed by atoms with van der Waals surface area (Å²) < 4.78 is 2.23. The maximum Gasteiger partial charge on any atom is 0.270 e. The molecule has 4 heteroatoms. The number of fused-ring (bicyclic) bond motifs is 4. The lowest BCUT2D eigenvalue weighted by Gasteiger charge is -2.34. The molecule has 0 bridgehead atoms. The average molecular weight is 329 g/mol. The van der Waals surface area contributed by atoms with Gasteiger partial charge in [0.15, 0.2) is 0 Å². The van der Waals surface area contributed by atoms with Crippen molar-refractivity contribution in [1.29, 1.82) is 0 Å². The number of aromatic nitrogens is 2. The summed E-state index contributed by atoms with van der Waals surface area (Å²) in [7, 11) is 0. The highest BCUT2D eigenvalue weighted by Gasteiger charge is 2.29. The number of benzene rings is 2. The molecule has 0 fully saturated rings. The van der Waals surface area contributed by atoms with E-state index in [1.165, 1.54) is 16.5 Å². The fourth-order valence-electron chi connectivity index (χ4n) is 4.01. The number of H-pyrrole nitrogens is 1. The van der Waals surface area contributed by atoms with Gasteiger partial charge >= 0.3 is 0 Å². The summed E-state index contributed by atoms with van der Waals surface area (Å²) in [6.07, 6.45) is 2.09. The summed E-state index contributed by atoms with van der Waals surface area (Å²) in [4.78, 5) is 18.4. The lowest BCUT2D eigenvalue weighted by Crippen LogP contribution is -2.40. The minimum Gasteiger partial charge on any atom is -0.351 e. The van der Waals surface area contributed by atoms with Gasteiger partial charge in [-0.15, -0.1) is 0 Å². The third-order valence-electron chi connectivity index (χ3n) is 5.36. The fourth-order valence-corrected chi connectivity index (χ4v) is 4.01. The van der Waals surface area contributed by atoms with Crippen molar-refractivity contribution in [3.8, 4) is 0 Å². The molecule has 25 heavy (non-hydrogen) atoms. The summed E-state index contributed by atoms with van der Waals surface area (Å²) >= 11 is 0. The largest absolute Gasteiger partial charge is 0.351 e. The van der Waals surface area contributed by atoms with E-state index in [1.807, 2.05) is 23.1 Å². The quantitative estimate of drug-likeness (QED) is 0.554. The lowest BCUT2D eigenvalue weighted by molar-refractivity contribution is 0.0639. The highest BCUT2D eigenvalue weighted by molar-refractivity contribution is 6.09. The number of carbonyl (C=O) groups is 1. The second-order valence-electron chi connectivity index (χ2n) is 6.73. The molecule has 4 aromatic rings. The first-order valence-corrected chi connectivity index (χ1v) is 8.69. The molecule has 0 aliphatic carbocycles. The third-order valence-corrected chi connectivity index (χ3v) is 5.36. The molecule has 0 radical (unpaired) electrons. The molecule has 0 saturated carbocycles. The zero-order chi connectivity index (χ0) is 17.0. The highest BCUT2D eigenvalue weighted by Crippen LogP contribution is 2.29. The Hall–Kier alpha value is -3.01.